The number of nitrogens with one attached hydrogen (secondary N) is 2. The standard InChI is InChI=1S/C20H19F3N4O3/c1-2-25-20(26-9-13-5-12(8-24)3-4-15(13)21)27-10-14-6-17-18(29-11-28-17)7-16(14)30-19(22)23/h3-7,19H,2,9-11H2,1H3,(H2,25,26,27). The van der Waals surface area contributed by atoms with Crippen molar-refractivity contribution in [1.29, 1.82) is 5.26 Å². The quantitative estimate of drug-likeness (QED) is 0.528. The Kier molecular flexibility index (Phi) is 6.85. The van der Waals surface area contributed by atoms with Gasteiger partial charge in [-0.25, -0.2) is 9.38 Å². The molecule has 2 aromatic rings. The van der Waals surface area contributed by atoms with Gasteiger partial charge in [0.15, 0.2) is 17.5 Å². The van der Waals surface area contributed by atoms with Crippen LogP contribution in [-0.2, 0) is 13.1 Å². The summed E-state index contributed by atoms with van der Waals surface area (Å²) in [6, 6.07) is 8.88. The number of benzene rings is 2. The maximum atomic E-state index is 14.0. The van der Waals surface area contributed by atoms with E-state index >= 15 is 0 Å². The molecule has 0 spiro atoms. The number of guanidine groups is 1. The van der Waals surface area contributed by atoms with Gasteiger partial charge in [-0.15, -0.1) is 0 Å². The zero-order valence-corrected chi connectivity index (χ0v) is 16.0. The van der Waals surface area contributed by atoms with Gasteiger partial charge < -0.3 is 24.8 Å². The van der Waals surface area contributed by atoms with Crippen molar-refractivity contribution in [2.75, 3.05) is 13.3 Å². The largest absolute Gasteiger partial charge is 0.454 e. The SMILES string of the molecule is CCNC(=NCc1cc2c(cc1OC(F)F)OCO2)NCc1cc(C#N)ccc1F. The van der Waals surface area contributed by atoms with Crippen LogP contribution in [0.2, 0.25) is 0 Å². The Bertz CT molecular complexity index is 976. The maximum absolute atomic E-state index is 14.0. The molecule has 0 saturated carbocycles. The molecule has 7 nitrogen and oxygen atoms in total. The second-order valence-electron chi connectivity index (χ2n) is 6.16. The molecule has 158 valence electrons. The highest BCUT2D eigenvalue weighted by molar-refractivity contribution is 5.79. The van der Waals surface area contributed by atoms with Crippen molar-refractivity contribution in [1.82, 2.24) is 10.6 Å². The summed E-state index contributed by atoms with van der Waals surface area (Å²) in [4.78, 5) is 4.35. The van der Waals surface area contributed by atoms with Gasteiger partial charge in [-0.05, 0) is 31.2 Å². The molecule has 0 saturated heterocycles. The number of ether oxygens (including phenoxy) is 3. The molecule has 0 unspecified atom stereocenters. The van der Waals surface area contributed by atoms with E-state index in [4.69, 9.17) is 14.7 Å². The molecule has 0 radical (unpaired) electrons. The Hall–Kier alpha value is -3.61. The smallest absolute Gasteiger partial charge is 0.387 e. The summed E-state index contributed by atoms with van der Waals surface area (Å²) in [5.74, 6) is 0.536. The number of hydrogen-bond donors (Lipinski definition) is 2. The molecule has 0 aromatic heterocycles. The zero-order chi connectivity index (χ0) is 21.5. The summed E-state index contributed by atoms with van der Waals surface area (Å²) in [5, 5.41) is 14.9. The van der Waals surface area contributed by atoms with Gasteiger partial charge in [0.1, 0.15) is 11.6 Å². The van der Waals surface area contributed by atoms with E-state index in [1.807, 2.05) is 13.0 Å². The average Bonchev–Trinajstić information content (AvgIpc) is 3.17. The van der Waals surface area contributed by atoms with Crippen LogP contribution >= 0.6 is 0 Å². The number of rotatable bonds is 7. The second kappa shape index (κ2) is 9.73. The number of halogens is 3. The summed E-state index contributed by atoms with van der Waals surface area (Å²) in [5.41, 5.74) is 1.00. The summed E-state index contributed by atoms with van der Waals surface area (Å²) in [6.07, 6.45) is 0. The van der Waals surface area contributed by atoms with Gasteiger partial charge in [-0.2, -0.15) is 14.0 Å². The molecule has 30 heavy (non-hydrogen) atoms. The van der Waals surface area contributed by atoms with E-state index in [9.17, 15) is 13.2 Å². The lowest BCUT2D eigenvalue weighted by molar-refractivity contribution is -0.0505. The van der Waals surface area contributed by atoms with Crippen LogP contribution in [-0.4, -0.2) is 25.9 Å². The van der Waals surface area contributed by atoms with Crippen LogP contribution in [0.4, 0.5) is 13.2 Å². The fourth-order valence-electron chi connectivity index (χ4n) is 2.76. The predicted molar refractivity (Wildman–Crippen MR) is 102 cm³/mol. The van der Waals surface area contributed by atoms with Gasteiger partial charge in [-0.3, -0.25) is 0 Å². The number of fused-ring (bicyclic) bond motifs is 1. The second-order valence-corrected chi connectivity index (χ2v) is 6.16. The normalized spacial score (nSPS) is 12.6. The first-order valence-electron chi connectivity index (χ1n) is 9.08. The highest BCUT2D eigenvalue weighted by Gasteiger charge is 2.20. The molecule has 1 heterocycles. The van der Waals surface area contributed by atoms with E-state index < -0.39 is 12.4 Å². The van der Waals surface area contributed by atoms with Gasteiger partial charge in [0.2, 0.25) is 6.79 Å². The van der Waals surface area contributed by atoms with Crippen LogP contribution in [0.1, 0.15) is 23.6 Å². The predicted octanol–water partition coefficient (Wildman–Crippen LogP) is 3.28. The highest BCUT2D eigenvalue weighted by atomic mass is 19.3. The fraction of sp³-hybridized carbons (Fsp3) is 0.300. The number of nitriles is 1. The monoisotopic (exact) mass is 420 g/mol. The van der Waals surface area contributed by atoms with E-state index in [0.717, 1.165) is 0 Å². The maximum Gasteiger partial charge on any atom is 0.387 e. The molecule has 0 bridgehead atoms. The van der Waals surface area contributed by atoms with Crippen LogP contribution < -0.4 is 24.8 Å². The number of alkyl halides is 2. The Labute approximate surface area is 171 Å². The molecule has 1 aliphatic heterocycles. The van der Waals surface area contributed by atoms with Crippen molar-refractivity contribution in [2.45, 2.75) is 26.6 Å². The summed E-state index contributed by atoms with van der Waals surface area (Å²) in [7, 11) is 0. The first-order valence-corrected chi connectivity index (χ1v) is 9.08. The van der Waals surface area contributed by atoms with E-state index in [1.165, 1.54) is 30.3 Å². The summed E-state index contributed by atoms with van der Waals surface area (Å²) >= 11 is 0. The van der Waals surface area contributed by atoms with Crippen LogP contribution in [0, 0.1) is 17.1 Å². The number of nitrogens with zero attached hydrogens (tertiary/aromatic N) is 2. The first kappa shape index (κ1) is 21.1. The van der Waals surface area contributed by atoms with Gasteiger partial charge in [0.25, 0.3) is 0 Å². The third-order valence-corrected chi connectivity index (χ3v) is 4.14. The van der Waals surface area contributed by atoms with Crippen molar-refractivity contribution < 1.29 is 27.4 Å². The van der Waals surface area contributed by atoms with Crippen LogP contribution in [0.5, 0.6) is 17.2 Å². The summed E-state index contributed by atoms with van der Waals surface area (Å²) < 4.78 is 54.6. The molecular formula is C20H19F3N4O3. The molecule has 0 fully saturated rings. The number of aliphatic imine (C=N–C) groups is 1. The van der Waals surface area contributed by atoms with Gasteiger partial charge >= 0.3 is 6.61 Å². The molecule has 3 rings (SSSR count). The fourth-order valence-corrected chi connectivity index (χ4v) is 2.76. The van der Waals surface area contributed by atoms with Crippen molar-refractivity contribution in [2.24, 2.45) is 4.99 Å². The first-order chi connectivity index (χ1) is 14.5. The molecule has 0 aliphatic carbocycles. The van der Waals surface area contributed by atoms with Crippen molar-refractivity contribution >= 4 is 5.96 Å². The van der Waals surface area contributed by atoms with Gasteiger partial charge in [-0.1, -0.05) is 0 Å². The molecular weight excluding hydrogens is 401 g/mol. The molecule has 10 heteroatoms. The molecule has 1 aliphatic rings. The Morgan fingerprint density at radius 2 is 1.97 bits per heavy atom. The van der Waals surface area contributed by atoms with Crippen molar-refractivity contribution in [3.8, 4) is 23.3 Å². The molecule has 2 aromatic carbocycles. The van der Waals surface area contributed by atoms with E-state index in [0.29, 0.717) is 40.7 Å². The summed E-state index contributed by atoms with van der Waals surface area (Å²) in [6.45, 7) is -0.569. The average molecular weight is 420 g/mol. The molecule has 0 amide bonds. The third kappa shape index (κ3) is 5.26. The Morgan fingerprint density at radius 3 is 2.67 bits per heavy atom. The number of hydrogen-bond acceptors (Lipinski definition) is 5. The Morgan fingerprint density at radius 1 is 1.20 bits per heavy atom. The topological polar surface area (TPSA) is 87.9 Å². The van der Waals surface area contributed by atoms with Crippen molar-refractivity contribution in [3.05, 3.63) is 52.8 Å². The van der Waals surface area contributed by atoms with E-state index in [2.05, 4.69) is 20.4 Å². The van der Waals surface area contributed by atoms with Crippen LogP contribution in [0.15, 0.2) is 35.3 Å². The lowest BCUT2D eigenvalue weighted by Crippen LogP contribution is -2.37. The lowest BCUT2D eigenvalue weighted by atomic mass is 10.1. The van der Waals surface area contributed by atoms with Crippen LogP contribution in [0.25, 0.3) is 0 Å². The highest BCUT2D eigenvalue weighted by Crippen LogP contribution is 2.39. The Balaban J connectivity index is 1.77. The van der Waals surface area contributed by atoms with E-state index in [1.54, 1.807) is 0 Å². The van der Waals surface area contributed by atoms with Gasteiger partial charge in [0.05, 0.1) is 18.2 Å². The van der Waals surface area contributed by atoms with Gasteiger partial charge in [0, 0.05) is 30.3 Å². The lowest BCUT2D eigenvalue weighted by Gasteiger charge is -2.14. The van der Waals surface area contributed by atoms with Crippen molar-refractivity contribution in [3.63, 3.8) is 0 Å². The minimum atomic E-state index is -3.00. The minimum absolute atomic E-state index is 0.00521. The molecule has 2 N–H and O–H groups in total. The molecule has 0 atom stereocenters. The van der Waals surface area contributed by atoms with E-state index in [-0.39, 0.29) is 25.6 Å². The van der Waals surface area contributed by atoms with Crippen LogP contribution in [0.3, 0.4) is 0 Å². The third-order valence-electron chi connectivity index (χ3n) is 4.14. The minimum Gasteiger partial charge on any atom is -0.454 e. The zero-order valence-electron chi connectivity index (χ0n) is 16.0.